The number of hydrogen-bond donors (Lipinski definition) is 2. The first kappa shape index (κ1) is 33.6. The average Bonchev–Trinajstić information content (AvgIpc) is 3.37. The third-order valence-electron chi connectivity index (χ3n) is 7.06. The molecule has 0 spiro atoms. The molecule has 0 fully saturated rings. The van der Waals surface area contributed by atoms with Crippen molar-refractivity contribution in [3.05, 3.63) is 83.8 Å². The lowest BCUT2D eigenvalue weighted by atomic mass is 10.1. The summed E-state index contributed by atoms with van der Waals surface area (Å²) >= 11 is 0. The van der Waals surface area contributed by atoms with E-state index in [0.717, 1.165) is 23.4 Å². The van der Waals surface area contributed by atoms with Crippen LogP contribution in [0.4, 0.5) is 11.5 Å². The van der Waals surface area contributed by atoms with Crippen molar-refractivity contribution in [2.45, 2.75) is 46.6 Å². The van der Waals surface area contributed by atoms with E-state index in [4.69, 9.17) is 20.2 Å². The molecule has 1 amide bonds. The molecule has 242 valence electrons. The SMILES string of the molecule is CCCOC(=O)CCN(C(=O)c1ccc2c(c1)nc(CNc1ccc(/C(N)=N/COC(=O)CC(C)C)cc1)n2C)c1ccccn1. The first-order valence-electron chi connectivity index (χ1n) is 15.3. The van der Waals surface area contributed by atoms with Crippen LogP contribution in [-0.2, 0) is 32.7 Å². The highest BCUT2D eigenvalue weighted by atomic mass is 16.5. The quantitative estimate of drug-likeness (QED) is 0.107. The smallest absolute Gasteiger partial charge is 0.307 e. The van der Waals surface area contributed by atoms with Crippen molar-refractivity contribution < 1.29 is 23.9 Å². The number of ether oxygens (including phenoxy) is 2. The average molecular weight is 628 g/mol. The molecule has 0 unspecified atom stereocenters. The molecule has 2 aromatic carbocycles. The number of rotatable bonds is 15. The first-order valence-corrected chi connectivity index (χ1v) is 15.3. The molecule has 12 heteroatoms. The van der Waals surface area contributed by atoms with Gasteiger partial charge in [0.05, 0.1) is 30.6 Å². The molecule has 0 atom stereocenters. The lowest BCUT2D eigenvalue weighted by Gasteiger charge is -2.21. The van der Waals surface area contributed by atoms with Gasteiger partial charge in [0.1, 0.15) is 17.5 Å². The van der Waals surface area contributed by atoms with Crippen molar-refractivity contribution in [3.8, 4) is 0 Å². The number of nitrogens with one attached hydrogen (secondary N) is 1. The largest absolute Gasteiger partial charge is 0.466 e. The lowest BCUT2D eigenvalue weighted by Crippen LogP contribution is -2.34. The number of amidine groups is 1. The van der Waals surface area contributed by atoms with Crippen LogP contribution in [0.2, 0.25) is 0 Å². The van der Waals surface area contributed by atoms with E-state index in [-0.39, 0.29) is 49.3 Å². The zero-order valence-corrected chi connectivity index (χ0v) is 26.7. The normalized spacial score (nSPS) is 11.5. The summed E-state index contributed by atoms with van der Waals surface area (Å²) < 4.78 is 12.3. The highest BCUT2D eigenvalue weighted by Gasteiger charge is 2.21. The molecular weight excluding hydrogens is 586 g/mol. The third kappa shape index (κ3) is 9.13. The molecule has 0 aliphatic carbocycles. The standard InChI is InChI=1S/C34H41N7O5/c1-5-18-45-31(42)15-17-41(29-8-6-7-16-36-29)34(44)25-11-14-28-27(20-25)39-30(40(28)4)21-37-26-12-9-24(10-13-26)33(35)38-22-46-32(43)19-23(2)3/h6-14,16,20,23,37H,5,15,17-19,21-22H2,1-4H3,(H2,35,38). The van der Waals surface area contributed by atoms with Crippen molar-refractivity contribution in [2.75, 3.05) is 30.1 Å². The van der Waals surface area contributed by atoms with Crippen LogP contribution >= 0.6 is 0 Å². The molecule has 0 saturated heterocycles. The van der Waals surface area contributed by atoms with Gasteiger partial charge in [-0.3, -0.25) is 19.3 Å². The topological polar surface area (TPSA) is 154 Å². The van der Waals surface area contributed by atoms with E-state index in [0.29, 0.717) is 42.0 Å². The molecule has 0 bridgehead atoms. The Balaban J connectivity index is 1.42. The number of amides is 1. The molecule has 4 rings (SSSR count). The fourth-order valence-electron chi connectivity index (χ4n) is 4.62. The molecular formula is C34H41N7O5. The second kappa shape index (κ2) is 16.2. The van der Waals surface area contributed by atoms with Crippen molar-refractivity contribution in [2.24, 2.45) is 23.7 Å². The van der Waals surface area contributed by atoms with Crippen molar-refractivity contribution >= 4 is 46.2 Å². The van der Waals surface area contributed by atoms with Gasteiger partial charge in [-0.25, -0.2) is 15.0 Å². The Labute approximate surface area is 268 Å². The highest BCUT2D eigenvalue weighted by Crippen LogP contribution is 2.21. The second-order valence-electron chi connectivity index (χ2n) is 11.1. The predicted molar refractivity (Wildman–Crippen MR) is 177 cm³/mol. The van der Waals surface area contributed by atoms with E-state index in [1.54, 1.807) is 36.5 Å². The summed E-state index contributed by atoms with van der Waals surface area (Å²) in [5, 5.41) is 3.36. The van der Waals surface area contributed by atoms with Crippen LogP contribution in [0.15, 0.2) is 71.9 Å². The van der Waals surface area contributed by atoms with Crippen molar-refractivity contribution in [1.82, 2.24) is 14.5 Å². The molecule has 0 saturated carbocycles. The zero-order valence-electron chi connectivity index (χ0n) is 26.7. The van der Waals surface area contributed by atoms with Gasteiger partial charge in [0.2, 0.25) is 0 Å². The second-order valence-corrected chi connectivity index (χ2v) is 11.1. The van der Waals surface area contributed by atoms with Gasteiger partial charge in [0.15, 0.2) is 6.73 Å². The maximum absolute atomic E-state index is 13.7. The number of carbonyl (C=O) groups is 3. The van der Waals surface area contributed by atoms with Crippen LogP contribution in [0.1, 0.15) is 61.8 Å². The summed E-state index contributed by atoms with van der Waals surface area (Å²) in [5.74, 6) is 0.767. The summed E-state index contributed by atoms with van der Waals surface area (Å²) in [5.41, 5.74) is 9.60. The van der Waals surface area contributed by atoms with Gasteiger partial charge in [-0.15, -0.1) is 0 Å². The minimum atomic E-state index is -0.362. The van der Waals surface area contributed by atoms with Gasteiger partial charge >= 0.3 is 11.9 Å². The Morgan fingerprint density at radius 2 is 1.78 bits per heavy atom. The van der Waals surface area contributed by atoms with Crippen LogP contribution in [0.5, 0.6) is 0 Å². The number of aromatic nitrogens is 3. The molecule has 4 aromatic rings. The molecule has 2 heterocycles. The number of anilines is 2. The summed E-state index contributed by atoms with van der Waals surface area (Å²) in [4.78, 5) is 52.3. The van der Waals surface area contributed by atoms with Crippen molar-refractivity contribution in [3.63, 3.8) is 0 Å². The minimum absolute atomic E-state index is 0.0538. The summed E-state index contributed by atoms with van der Waals surface area (Å²) in [6.07, 6.45) is 2.73. The Bertz CT molecular complexity index is 1670. The maximum Gasteiger partial charge on any atom is 0.307 e. The summed E-state index contributed by atoms with van der Waals surface area (Å²) in [7, 11) is 1.92. The number of hydrogen-bond acceptors (Lipinski definition) is 9. The number of aliphatic imine (C=N–C) groups is 1. The van der Waals surface area contributed by atoms with E-state index in [9.17, 15) is 14.4 Å². The van der Waals surface area contributed by atoms with E-state index in [2.05, 4.69) is 15.3 Å². The molecule has 2 aromatic heterocycles. The highest BCUT2D eigenvalue weighted by molar-refractivity contribution is 6.07. The molecule has 46 heavy (non-hydrogen) atoms. The van der Waals surface area contributed by atoms with Crippen LogP contribution in [0, 0.1) is 5.92 Å². The van der Waals surface area contributed by atoms with Gasteiger partial charge in [0.25, 0.3) is 5.91 Å². The number of nitrogens with zero attached hydrogens (tertiary/aromatic N) is 5. The van der Waals surface area contributed by atoms with E-state index in [1.807, 2.05) is 62.7 Å². The molecule has 0 radical (unpaired) electrons. The number of aryl methyl sites for hydroxylation is 1. The predicted octanol–water partition coefficient (Wildman–Crippen LogP) is 4.82. The van der Waals surface area contributed by atoms with E-state index < -0.39 is 0 Å². The fraction of sp³-hybridized carbons (Fsp3) is 0.353. The zero-order chi connectivity index (χ0) is 33.1. The van der Waals surface area contributed by atoms with Crippen molar-refractivity contribution in [1.29, 1.82) is 0 Å². The molecule has 0 aliphatic rings. The molecule has 0 aliphatic heterocycles. The number of fused-ring (bicyclic) bond motifs is 1. The van der Waals surface area contributed by atoms with Crippen LogP contribution in [-0.4, -0.2) is 58.1 Å². The lowest BCUT2D eigenvalue weighted by molar-refractivity contribution is -0.144. The number of carbonyl (C=O) groups excluding carboxylic acids is 3. The number of nitrogens with two attached hydrogens (primary N) is 1. The summed E-state index contributed by atoms with van der Waals surface area (Å²) in [6.45, 7) is 6.61. The van der Waals surface area contributed by atoms with Gasteiger partial charge in [-0.1, -0.05) is 26.8 Å². The van der Waals surface area contributed by atoms with Gasteiger partial charge in [-0.2, -0.15) is 0 Å². The van der Waals surface area contributed by atoms with Gasteiger partial charge in [0, 0.05) is 43.0 Å². The van der Waals surface area contributed by atoms with Crippen LogP contribution < -0.4 is 16.0 Å². The Hall–Kier alpha value is -5.26. The number of benzene rings is 2. The molecule has 3 N–H and O–H groups in total. The van der Waals surface area contributed by atoms with Gasteiger partial charge in [-0.05, 0) is 66.9 Å². The first-order chi connectivity index (χ1) is 22.2. The number of pyridine rings is 1. The van der Waals surface area contributed by atoms with Crippen LogP contribution in [0.3, 0.4) is 0 Å². The number of esters is 2. The van der Waals surface area contributed by atoms with Crippen LogP contribution in [0.25, 0.3) is 11.0 Å². The maximum atomic E-state index is 13.7. The van der Waals surface area contributed by atoms with E-state index >= 15 is 0 Å². The van der Waals surface area contributed by atoms with Gasteiger partial charge < -0.3 is 25.1 Å². The Morgan fingerprint density at radius 3 is 2.48 bits per heavy atom. The number of imidazole rings is 1. The third-order valence-corrected chi connectivity index (χ3v) is 7.06. The summed E-state index contributed by atoms with van der Waals surface area (Å²) in [6, 6.07) is 18.1. The minimum Gasteiger partial charge on any atom is -0.466 e. The molecule has 12 nitrogen and oxygen atoms in total. The van der Waals surface area contributed by atoms with E-state index in [1.165, 1.54) is 4.90 Å². The Kier molecular flexibility index (Phi) is 11.8. The monoisotopic (exact) mass is 627 g/mol. The fourth-order valence-corrected chi connectivity index (χ4v) is 4.62. The Morgan fingerprint density at radius 1 is 1.02 bits per heavy atom.